The molecule has 6 nitrogen and oxygen atoms in total. The molecule has 1 aromatic carbocycles. The molecule has 0 saturated carbocycles. The first kappa shape index (κ1) is 17.7. The SMILES string of the molecule is CC1CN(C(=O)c2ccc(OCC3CCCO3)cc2)CCC1C(=O)O. The van der Waals surface area contributed by atoms with Crippen molar-refractivity contribution < 1.29 is 24.2 Å². The standard InChI is InChI=1S/C19H25NO5/c1-13-11-20(9-8-17(13)19(22)23)18(21)14-4-6-15(7-5-14)25-12-16-3-2-10-24-16/h4-7,13,16-17H,2-3,8-12H2,1H3,(H,22,23). The van der Waals surface area contributed by atoms with Crippen molar-refractivity contribution in [2.45, 2.75) is 32.3 Å². The summed E-state index contributed by atoms with van der Waals surface area (Å²) < 4.78 is 11.2. The van der Waals surface area contributed by atoms with E-state index in [0.717, 1.165) is 25.2 Å². The van der Waals surface area contributed by atoms with Crippen LogP contribution in [0.25, 0.3) is 0 Å². The second kappa shape index (κ2) is 7.87. The number of benzene rings is 1. The maximum absolute atomic E-state index is 12.6. The molecule has 2 aliphatic rings. The predicted molar refractivity (Wildman–Crippen MR) is 91.7 cm³/mol. The Kier molecular flexibility index (Phi) is 5.58. The van der Waals surface area contributed by atoms with Gasteiger partial charge in [0.15, 0.2) is 0 Å². The van der Waals surface area contributed by atoms with E-state index in [2.05, 4.69) is 0 Å². The number of rotatable bonds is 5. The van der Waals surface area contributed by atoms with Gasteiger partial charge in [0.25, 0.3) is 5.91 Å². The van der Waals surface area contributed by atoms with Crippen molar-refractivity contribution >= 4 is 11.9 Å². The average molecular weight is 347 g/mol. The van der Waals surface area contributed by atoms with Crippen LogP contribution < -0.4 is 4.74 Å². The van der Waals surface area contributed by atoms with Crippen molar-refractivity contribution in [2.75, 3.05) is 26.3 Å². The summed E-state index contributed by atoms with van der Waals surface area (Å²) in [5.41, 5.74) is 0.602. The third-order valence-corrected chi connectivity index (χ3v) is 5.07. The summed E-state index contributed by atoms with van der Waals surface area (Å²) in [6.45, 7) is 4.19. The van der Waals surface area contributed by atoms with E-state index in [1.165, 1.54) is 0 Å². The van der Waals surface area contributed by atoms with Crippen LogP contribution in [0.5, 0.6) is 5.75 Å². The van der Waals surface area contributed by atoms with E-state index in [1.54, 1.807) is 29.2 Å². The molecule has 3 unspecified atom stereocenters. The molecular weight excluding hydrogens is 322 g/mol. The number of nitrogens with zero attached hydrogens (tertiary/aromatic N) is 1. The van der Waals surface area contributed by atoms with Crippen LogP contribution in [-0.2, 0) is 9.53 Å². The number of aliphatic carboxylic acids is 1. The van der Waals surface area contributed by atoms with Crippen LogP contribution in [0.2, 0.25) is 0 Å². The first-order chi connectivity index (χ1) is 12.0. The molecule has 1 amide bonds. The lowest BCUT2D eigenvalue weighted by Crippen LogP contribution is -2.44. The number of ether oxygens (including phenoxy) is 2. The summed E-state index contributed by atoms with van der Waals surface area (Å²) in [5, 5.41) is 9.18. The van der Waals surface area contributed by atoms with Crippen LogP contribution >= 0.6 is 0 Å². The number of hydrogen-bond donors (Lipinski definition) is 1. The van der Waals surface area contributed by atoms with Crippen LogP contribution in [0.3, 0.4) is 0 Å². The number of carboxylic acid groups (broad SMARTS) is 1. The molecule has 25 heavy (non-hydrogen) atoms. The van der Waals surface area contributed by atoms with Crippen molar-refractivity contribution in [3.05, 3.63) is 29.8 Å². The largest absolute Gasteiger partial charge is 0.491 e. The second-order valence-electron chi connectivity index (χ2n) is 6.93. The van der Waals surface area contributed by atoms with E-state index in [0.29, 0.717) is 31.7 Å². The van der Waals surface area contributed by atoms with Gasteiger partial charge < -0.3 is 19.5 Å². The minimum Gasteiger partial charge on any atom is -0.491 e. The van der Waals surface area contributed by atoms with E-state index >= 15 is 0 Å². The monoisotopic (exact) mass is 347 g/mol. The van der Waals surface area contributed by atoms with Gasteiger partial charge in [-0.2, -0.15) is 0 Å². The van der Waals surface area contributed by atoms with Crippen molar-refractivity contribution in [3.8, 4) is 5.75 Å². The number of carbonyl (C=O) groups excluding carboxylic acids is 1. The van der Waals surface area contributed by atoms with Crippen LogP contribution in [0.1, 0.15) is 36.5 Å². The first-order valence-electron chi connectivity index (χ1n) is 8.91. The molecule has 3 rings (SSSR count). The number of hydrogen-bond acceptors (Lipinski definition) is 4. The van der Waals surface area contributed by atoms with Crippen LogP contribution in [0.4, 0.5) is 0 Å². The summed E-state index contributed by atoms with van der Waals surface area (Å²) >= 11 is 0. The summed E-state index contributed by atoms with van der Waals surface area (Å²) in [6, 6.07) is 7.13. The molecule has 0 aliphatic carbocycles. The maximum Gasteiger partial charge on any atom is 0.306 e. The van der Waals surface area contributed by atoms with E-state index in [-0.39, 0.29) is 23.8 Å². The molecule has 0 aromatic heterocycles. The second-order valence-corrected chi connectivity index (χ2v) is 6.93. The lowest BCUT2D eigenvalue weighted by molar-refractivity contribution is -0.145. The van der Waals surface area contributed by atoms with Gasteiger partial charge in [-0.25, -0.2) is 0 Å². The smallest absolute Gasteiger partial charge is 0.306 e. The fourth-order valence-corrected chi connectivity index (χ4v) is 3.54. The summed E-state index contributed by atoms with van der Waals surface area (Å²) in [6.07, 6.45) is 2.78. The molecule has 6 heteroatoms. The van der Waals surface area contributed by atoms with Crippen molar-refractivity contribution in [1.29, 1.82) is 0 Å². The Morgan fingerprint density at radius 1 is 1.28 bits per heavy atom. The molecule has 0 radical (unpaired) electrons. The van der Waals surface area contributed by atoms with Crippen LogP contribution in [0.15, 0.2) is 24.3 Å². The van der Waals surface area contributed by atoms with Crippen molar-refractivity contribution in [1.82, 2.24) is 4.90 Å². The Hall–Kier alpha value is -2.08. The van der Waals surface area contributed by atoms with Gasteiger partial charge in [0.1, 0.15) is 12.4 Å². The van der Waals surface area contributed by atoms with Crippen LogP contribution in [0, 0.1) is 11.8 Å². The quantitative estimate of drug-likeness (QED) is 0.885. The molecule has 1 N–H and O–H groups in total. The highest BCUT2D eigenvalue weighted by Crippen LogP contribution is 2.25. The minimum atomic E-state index is -0.771. The number of amides is 1. The number of carbonyl (C=O) groups is 2. The van der Waals surface area contributed by atoms with Gasteiger partial charge in [0, 0.05) is 25.3 Å². The van der Waals surface area contributed by atoms with Gasteiger partial charge in [-0.05, 0) is 49.4 Å². The molecule has 2 heterocycles. The zero-order valence-electron chi connectivity index (χ0n) is 14.5. The Morgan fingerprint density at radius 2 is 2.04 bits per heavy atom. The highest BCUT2D eigenvalue weighted by atomic mass is 16.5. The molecule has 2 fully saturated rings. The minimum absolute atomic E-state index is 0.0378. The Balaban J connectivity index is 1.54. The van der Waals surface area contributed by atoms with E-state index < -0.39 is 5.97 Å². The predicted octanol–water partition coefficient (Wildman–Crippen LogP) is 2.43. The summed E-state index contributed by atoms with van der Waals surface area (Å²) in [4.78, 5) is 25.5. The van der Waals surface area contributed by atoms with Gasteiger partial charge in [-0.3, -0.25) is 9.59 Å². The van der Waals surface area contributed by atoms with Gasteiger partial charge >= 0.3 is 5.97 Å². The van der Waals surface area contributed by atoms with Gasteiger partial charge in [0.2, 0.25) is 0 Å². The van der Waals surface area contributed by atoms with Crippen LogP contribution in [-0.4, -0.2) is 54.3 Å². The molecular formula is C19H25NO5. The first-order valence-corrected chi connectivity index (χ1v) is 8.91. The van der Waals surface area contributed by atoms with Crippen molar-refractivity contribution in [3.63, 3.8) is 0 Å². The van der Waals surface area contributed by atoms with E-state index in [9.17, 15) is 14.7 Å². The number of likely N-dealkylation sites (tertiary alicyclic amines) is 1. The Morgan fingerprint density at radius 3 is 2.64 bits per heavy atom. The zero-order valence-corrected chi connectivity index (χ0v) is 14.5. The highest BCUT2D eigenvalue weighted by Gasteiger charge is 2.33. The summed E-state index contributed by atoms with van der Waals surface area (Å²) in [5.74, 6) is -0.499. The fourth-order valence-electron chi connectivity index (χ4n) is 3.54. The third kappa shape index (κ3) is 4.31. The number of carboxylic acids is 1. The molecule has 0 bridgehead atoms. The molecule has 136 valence electrons. The topological polar surface area (TPSA) is 76.1 Å². The molecule has 2 saturated heterocycles. The molecule has 2 aliphatic heterocycles. The molecule has 3 atom stereocenters. The zero-order chi connectivity index (χ0) is 17.8. The normalized spacial score (nSPS) is 26.4. The Bertz CT molecular complexity index is 609. The third-order valence-electron chi connectivity index (χ3n) is 5.07. The highest BCUT2D eigenvalue weighted by molar-refractivity contribution is 5.94. The van der Waals surface area contributed by atoms with E-state index in [4.69, 9.17) is 9.47 Å². The average Bonchev–Trinajstić information content (AvgIpc) is 3.13. The van der Waals surface area contributed by atoms with Gasteiger partial charge in [-0.15, -0.1) is 0 Å². The Labute approximate surface area is 147 Å². The lowest BCUT2D eigenvalue weighted by atomic mass is 9.87. The van der Waals surface area contributed by atoms with Gasteiger partial charge in [-0.1, -0.05) is 6.92 Å². The van der Waals surface area contributed by atoms with Gasteiger partial charge in [0.05, 0.1) is 12.0 Å². The molecule has 0 spiro atoms. The maximum atomic E-state index is 12.6. The van der Waals surface area contributed by atoms with E-state index in [1.807, 2.05) is 6.92 Å². The fraction of sp³-hybridized carbons (Fsp3) is 0.579. The number of piperidine rings is 1. The lowest BCUT2D eigenvalue weighted by Gasteiger charge is -2.35. The van der Waals surface area contributed by atoms with Crippen molar-refractivity contribution in [2.24, 2.45) is 11.8 Å². The summed E-state index contributed by atoms with van der Waals surface area (Å²) in [7, 11) is 0. The molecule has 1 aromatic rings.